The predicted molar refractivity (Wildman–Crippen MR) is 94.4 cm³/mol. The Morgan fingerprint density at radius 1 is 1.24 bits per heavy atom. The molecule has 0 aliphatic heterocycles. The zero-order chi connectivity index (χ0) is 18.0. The molecular weight excluding hydrogens is 322 g/mol. The Balaban J connectivity index is 1.61. The maximum atomic E-state index is 12.2. The number of H-pyrrole nitrogens is 1. The van der Waals surface area contributed by atoms with E-state index in [0.29, 0.717) is 5.69 Å². The van der Waals surface area contributed by atoms with Gasteiger partial charge in [-0.25, -0.2) is 9.48 Å². The molecular formula is C16H19N7O2. The van der Waals surface area contributed by atoms with Gasteiger partial charge < -0.3 is 15.2 Å². The number of amides is 3. The van der Waals surface area contributed by atoms with Gasteiger partial charge in [-0.05, 0) is 31.2 Å². The van der Waals surface area contributed by atoms with Gasteiger partial charge in [-0.15, -0.1) is 5.10 Å². The van der Waals surface area contributed by atoms with Gasteiger partial charge in [0.15, 0.2) is 5.82 Å². The Morgan fingerprint density at radius 3 is 2.80 bits per heavy atom. The lowest BCUT2D eigenvalue weighted by Crippen LogP contribution is -2.27. The fourth-order valence-corrected chi connectivity index (χ4v) is 2.36. The van der Waals surface area contributed by atoms with Crippen molar-refractivity contribution < 1.29 is 9.59 Å². The summed E-state index contributed by atoms with van der Waals surface area (Å²) in [5.74, 6) is 0.0534. The molecule has 0 fully saturated rings. The van der Waals surface area contributed by atoms with Crippen molar-refractivity contribution in [2.24, 2.45) is 0 Å². The van der Waals surface area contributed by atoms with Crippen LogP contribution in [-0.4, -0.2) is 50.9 Å². The van der Waals surface area contributed by atoms with Crippen LogP contribution in [0.4, 0.5) is 16.3 Å². The van der Waals surface area contributed by atoms with E-state index in [1.807, 2.05) is 31.2 Å². The van der Waals surface area contributed by atoms with Crippen molar-refractivity contribution in [2.45, 2.75) is 13.5 Å². The maximum absolute atomic E-state index is 12.2. The summed E-state index contributed by atoms with van der Waals surface area (Å²) in [7, 11) is 3.24. The van der Waals surface area contributed by atoms with Gasteiger partial charge in [0.25, 0.3) is 0 Å². The monoisotopic (exact) mass is 341 g/mol. The first-order valence-corrected chi connectivity index (χ1v) is 7.68. The first kappa shape index (κ1) is 16.5. The number of anilines is 2. The lowest BCUT2D eigenvalue weighted by atomic mass is 10.2. The highest BCUT2D eigenvalue weighted by molar-refractivity contribution is 5.94. The number of carbonyl (C=O) groups excluding carboxylic acids is 2. The number of aryl methyl sites for hydroxylation is 1. The van der Waals surface area contributed by atoms with E-state index in [-0.39, 0.29) is 24.3 Å². The standard InChI is InChI=1S/C16H19N7O2/c1-10-6-11-7-12(4-5-13(11)17-10)18-15(24)9-23-8-14(20-21-23)19-16(25)22(2)3/h4-8,17H,9H2,1-3H3,(H,18,24)(H,19,25). The zero-order valence-corrected chi connectivity index (χ0v) is 14.2. The van der Waals surface area contributed by atoms with Crippen LogP contribution in [0.3, 0.4) is 0 Å². The second kappa shape index (κ2) is 6.63. The van der Waals surface area contributed by atoms with Crippen LogP contribution < -0.4 is 10.6 Å². The summed E-state index contributed by atoms with van der Waals surface area (Å²) in [5, 5.41) is 14.1. The molecule has 1 aromatic carbocycles. The number of hydrogen-bond donors (Lipinski definition) is 3. The Bertz CT molecular complexity index is 926. The quantitative estimate of drug-likeness (QED) is 0.672. The van der Waals surface area contributed by atoms with Crippen LogP contribution >= 0.6 is 0 Å². The number of rotatable bonds is 4. The summed E-state index contributed by atoms with van der Waals surface area (Å²) in [5.41, 5.74) is 2.79. The number of aromatic amines is 1. The lowest BCUT2D eigenvalue weighted by Gasteiger charge is -2.09. The molecule has 0 bridgehead atoms. The van der Waals surface area contributed by atoms with E-state index in [1.54, 1.807) is 14.1 Å². The smallest absolute Gasteiger partial charge is 0.322 e. The highest BCUT2D eigenvalue weighted by Gasteiger charge is 2.10. The van der Waals surface area contributed by atoms with E-state index in [0.717, 1.165) is 16.6 Å². The number of fused-ring (bicyclic) bond motifs is 1. The van der Waals surface area contributed by atoms with Crippen molar-refractivity contribution in [3.05, 3.63) is 36.2 Å². The second-order valence-electron chi connectivity index (χ2n) is 5.93. The van der Waals surface area contributed by atoms with E-state index in [4.69, 9.17) is 0 Å². The highest BCUT2D eigenvalue weighted by Crippen LogP contribution is 2.19. The average Bonchev–Trinajstić information content (AvgIpc) is 3.11. The molecule has 0 aliphatic carbocycles. The summed E-state index contributed by atoms with van der Waals surface area (Å²) in [6, 6.07) is 7.36. The largest absolute Gasteiger partial charge is 0.359 e. The minimum absolute atomic E-state index is 0.00492. The Hall–Kier alpha value is -3.36. The van der Waals surface area contributed by atoms with E-state index in [2.05, 4.69) is 25.9 Å². The van der Waals surface area contributed by atoms with Gasteiger partial charge in [0, 0.05) is 36.4 Å². The minimum atomic E-state index is -0.313. The van der Waals surface area contributed by atoms with Gasteiger partial charge in [0.2, 0.25) is 5.91 Å². The molecule has 2 heterocycles. The Morgan fingerprint density at radius 2 is 2.04 bits per heavy atom. The molecule has 3 N–H and O–H groups in total. The van der Waals surface area contributed by atoms with Crippen molar-refractivity contribution in [2.75, 3.05) is 24.7 Å². The van der Waals surface area contributed by atoms with Crippen molar-refractivity contribution >= 4 is 34.3 Å². The number of urea groups is 1. The predicted octanol–water partition coefficient (Wildman–Crippen LogP) is 1.80. The summed E-state index contributed by atoms with van der Waals surface area (Å²) in [6.45, 7) is 1.98. The third kappa shape index (κ3) is 3.94. The molecule has 25 heavy (non-hydrogen) atoms. The molecule has 9 nitrogen and oxygen atoms in total. The van der Waals surface area contributed by atoms with Gasteiger partial charge in [-0.3, -0.25) is 10.1 Å². The molecule has 9 heteroatoms. The van der Waals surface area contributed by atoms with Gasteiger partial charge in [-0.2, -0.15) is 0 Å². The van der Waals surface area contributed by atoms with Crippen LogP contribution in [0.15, 0.2) is 30.5 Å². The maximum Gasteiger partial charge on any atom is 0.322 e. The zero-order valence-electron chi connectivity index (χ0n) is 14.2. The van der Waals surface area contributed by atoms with Crippen LogP contribution in [0.2, 0.25) is 0 Å². The van der Waals surface area contributed by atoms with Crippen molar-refractivity contribution in [3.63, 3.8) is 0 Å². The minimum Gasteiger partial charge on any atom is -0.359 e. The highest BCUT2D eigenvalue weighted by atomic mass is 16.2. The molecule has 0 aliphatic rings. The van der Waals surface area contributed by atoms with Crippen molar-refractivity contribution in [1.29, 1.82) is 0 Å². The molecule has 0 spiro atoms. The van der Waals surface area contributed by atoms with Crippen LogP contribution in [0.25, 0.3) is 10.9 Å². The molecule has 0 saturated heterocycles. The molecule has 0 saturated carbocycles. The lowest BCUT2D eigenvalue weighted by molar-refractivity contribution is -0.116. The number of hydrogen-bond acceptors (Lipinski definition) is 4. The summed E-state index contributed by atoms with van der Waals surface area (Å²) in [6.07, 6.45) is 1.50. The molecule has 0 unspecified atom stereocenters. The van der Waals surface area contributed by atoms with Crippen LogP contribution in [0, 0.1) is 6.92 Å². The second-order valence-corrected chi connectivity index (χ2v) is 5.93. The third-order valence-electron chi connectivity index (χ3n) is 3.52. The molecule has 3 amide bonds. The van der Waals surface area contributed by atoms with E-state index in [1.165, 1.54) is 15.8 Å². The topological polar surface area (TPSA) is 108 Å². The third-order valence-corrected chi connectivity index (χ3v) is 3.52. The van der Waals surface area contributed by atoms with E-state index < -0.39 is 0 Å². The number of nitrogens with zero attached hydrogens (tertiary/aromatic N) is 4. The Kier molecular flexibility index (Phi) is 4.38. The molecule has 3 aromatic rings. The van der Waals surface area contributed by atoms with Crippen LogP contribution in [-0.2, 0) is 11.3 Å². The van der Waals surface area contributed by atoms with Gasteiger partial charge in [-0.1, -0.05) is 5.21 Å². The van der Waals surface area contributed by atoms with Crippen molar-refractivity contribution in [3.8, 4) is 0 Å². The van der Waals surface area contributed by atoms with Gasteiger partial charge >= 0.3 is 6.03 Å². The Labute approximate surface area is 144 Å². The van der Waals surface area contributed by atoms with Gasteiger partial charge in [0.1, 0.15) is 6.54 Å². The summed E-state index contributed by atoms with van der Waals surface area (Å²) >= 11 is 0. The first-order chi connectivity index (χ1) is 11.9. The first-order valence-electron chi connectivity index (χ1n) is 7.68. The van der Waals surface area contributed by atoms with Crippen molar-refractivity contribution in [1.82, 2.24) is 24.9 Å². The van der Waals surface area contributed by atoms with E-state index in [9.17, 15) is 9.59 Å². The summed E-state index contributed by atoms with van der Waals surface area (Å²) < 4.78 is 1.36. The fourth-order valence-electron chi connectivity index (χ4n) is 2.36. The fraction of sp³-hybridized carbons (Fsp3) is 0.250. The number of benzene rings is 1. The van der Waals surface area contributed by atoms with Crippen LogP contribution in [0.1, 0.15) is 5.69 Å². The molecule has 2 aromatic heterocycles. The average molecular weight is 341 g/mol. The molecule has 0 atom stereocenters. The summed E-state index contributed by atoms with van der Waals surface area (Å²) in [4.78, 5) is 28.3. The normalized spacial score (nSPS) is 10.7. The SMILES string of the molecule is Cc1cc2cc(NC(=O)Cn3cc(NC(=O)N(C)C)nn3)ccc2[nH]1. The van der Waals surface area contributed by atoms with E-state index >= 15 is 0 Å². The number of nitrogens with one attached hydrogen (secondary N) is 3. The molecule has 3 rings (SSSR count). The molecule has 0 radical (unpaired) electrons. The van der Waals surface area contributed by atoms with Gasteiger partial charge in [0.05, 0.1) is 6.20 Å². The van der Waals surface area contributed by atoms with Crippen LogP contribution in [0.5, 0.6) is 0 Å². The number of carbonyl (C=O) groups is 2. The molecule has 130 valence electrons. The number of aromatic nitrogens is 4.